The third-order valence-corrected chi connectivity index (χ3v) is 4.45. The van der Waals surface area contributed by atoms with Gasteiger partial charge in [-0.05, 0) is 42.8 Å². The van der Waals surface area contributed by atoms with Gasteiger partial charge in [0.15, 0.2) is 0 Å². The number of halogens is 1. The summed E-state index contributed by atoms with van der Waals surface area (Å²) in [7, 11) is 0. The van der Waals surface area contributed by atoms with Crippen molar-refractivity contribution in [1.82, 2.24) is 4.90 Å². The fourth-order valence-electron chi connectivity index (χ4n) is 2.89. The Labute approximate surface area is 152 Å². The molecule has 6 heteroatoms. The molecule has 1 fully saturated rings. The number of piperazine rings is 1. The van der Waals surface area contributed by atoms with Crippen molar-refractivity contribution in [3.8, 4) is 0 Å². The zero-order chi connectivity index (χ0) is 17.8. The van der Waals surface area contributed by atoms with Crippen molar-refractivity contribution in [3.05, 3.63) is 59.1 Å². The summed E-state index contributed by atoms with van der Waals surface area (Å²) >= 11 is 5.89. The molecule has 0 aromatic heterocycles. The van der Waals surface area contributed by atoms with Crippen LogP contribution in [0.1, 0.15) is 5.56 Å². The summed E-state index contributed by atoms with van der Waals surface area (Å²) in [5.41, 5.74) is 2.87. The van der Waals surface area contributed by atoms with Crippen molar-refractivity contribution < 1.29 is 9.59 Å². The molecule has 1 N–H and O–H groups in total. The topological polar surface area (TPSA) is 52.7 Å². The van der Waals surface area contributed by atoms with Gasteiger partial charge in [-0.25, -0.2) is 0 Å². The maximum Gasteiger partial charge on any atom is 0.313 e. The standard InChI is InChI=1S/C19H20ClN3O2/c1-14-4-2-7-17(12-14)22-8-10-23(11-9-22)19(25)18(24)21-16-6-3-5-15(20)13-16/h2-7,12-13H,8-11H2,1H3,(H,21,24). The molecule has 0 atom stereocenters. The van der Waals surface area contributed by atoms with Crippen molar-refractivity contribution in [2.24, 2.45) is 0 Å². The van der Waals surface area contributed by atoms with Gasteiger partial charge in [0.25, 0.3) is 0 Å². The minimum atomic E-state index is -0.633. The minimum Gasteiger partial charge on any atom is -0.368 e. The molecule has 0 saturated carbocycles. The Kier molecular flexibility index (Phi) is 5.24. The Morgan fingerprint density at radius 1 is 1.00 bits per heavy atom. The van der Waals surface area contributed by atoms with Crippen LogP contribution in [0.4, 0.5) is 11.4 Å². The Morgan fingerprint density at radius 2 is 1.72 bits per heavy atom. The van der Waals surface area contributed by atoms with Crippen LogP contribution in [0.5, 0.6) is 0 Å². The van der Waals surface area contributed by atoms with E-state index in [2.05, 4.69) is 35.3 Å². The number of hydrogen-bond acceptors (Lipinski definition) is 3. The number of carbonyl (C=O) groups is 2. The van der Waals surface area contributed by atoms with E-state index in [1.807, 2.05) is 6.07 Å². The molecule has 0 radical (unpaired) electrons. The molecule has 0 bridgehead atoms. The highest BCUT2D eigenvalue weighted by Crippen LogP contribution is 2.18. The summed E-state index contributed by atoms with van der Waals surface area (Å²) in [6.07, 6.45) is 0. The lowest BCUT2D eigenvalue weighted by Crippen LogP contribution is -2.51. The van der Waals surface area contributed by atoms with E-state index in [0.717, 1.165) is 5.69 Å². The summed E-state index contributed by atoms with van der Waals surface area (Å²) < 4.78 is 0. The van der Waals surface area contributed by atoms with Crippen LogP contribution in [0.3, 0.4) is 0 Å². The van der Waals surface area contributed by atoms with Crippen LogP contribution in [0.15, 0.2) is 48.5 Å². The van der Waals surface area contributed by atoms with Gasteiger partial charge in [0.1, 0.15) is 0 Å². The maximum absolute atomic E-state index is 12.3. The number of nitrogens with zero attached hydrogens (tertiary/aromatic N) is 2. The summed E-state index contributed by atoms with van der Waals surface area (Å²) in [6.45, 7) is 4.52. The number of hydrogen-bond donors (Lipinski definition) is 1. The highest BCUT2D eigenvalue weighted by Gasteiger charge is 2.26. The van der Waals surface area contributed by atoms with Gasteiger partial charge >= 0.3 is 11.8 Å². The minimum absolute atomic E-state index is 0.510. The van der Waals surface area contributed by atoms with Crippen molar-refractivity contribution in [1.29, 1.82) is 0 Å². The second-order valence-corrected chi connectivity index (χ2v) is 6.52. The van der Waals surface area contributed by atoms with E-state index in [0.29, 0.717) is 36.9 Å². The first-order valence-corrected chi connectivity index (χ1v) is 8.58. The van der Waals surface area contributed by atoms with Crippen LogP contribution in [0.2, 0.25) is 5.02 Å². The fourth-order valence-corrected chi connectivity index (χ4v) is 3.08. The van der Waals surface area contributed by atoms with Crippen LogP contribution in [0.25, 0.3) is 0 Å². The molecular formula is C19H20ClN3O2. The Morgan fingerprint density at radius 3 is 2.40 bits per heavy atom. The monoisotopic (exact) mass is 357 g/mol. The summed E-state index contributed by atoms with van der Waals surface area (Å²) in [6, 6.07) is 15.0. The van der Waals surface area contributed by atoms with E-state index in [9.17, 15) is 9.59 Å². The normalized spacial score (nSPS) is 14.3. The quantitative estimate of drug-likeness (QED) is 0.841. The van der Waals surface area contributed by atoms with Crippen molar-refractivity contribution in [2.75, 3.05) is 36.4 Å². The Bertz CT molecular complexity index is 786. The van der Waals surface area contributed by atoms with E-state index in [-0.39, 0.29) is 0 Å². The average Bonchev–Trinajstić information content (AvgIpc) is 2.61. The summed E-state index contributed by atoms with van der Waals surface area (Å²) in [5.74, 6) is -1.14. The van der Waals surface area contributed by atoms with E-state index in [4.69, 9.17) is 11.6 Å². The van der Waals surface area contributed by atoms with Gasteiger partial charge in [0, 0.05) is 42.6 Å². The summed E-state index contributed by atoms with van der Waals surface area (Å²) in [5, 5.41) is 3.11. The molecular weight excluding hydrogens is 338 g/mol. The molecule has 2 aromatic rings. The summed E-state index contributed by atoms with van der Waals surface area (Å²) in [4.78, 5) is 28.3. The maximum atomic E-state index is 12.3. The second-order valence-electron chi connectivity index (χ2n) is 6.08. The molecule has 25 heavy (non-hydrogen) atoms. The van der Waals surface area contributed by atoms with Crippen LogP contribution >= 0.6 is 11.6 Å². The third kappa shape index (κ3) is 4.31. The van der Waals surface area contributed by atoms with Crippen molar-refractivity contribution >= 4 is 34.8 Å². The molecule has 1 aliphatic heterocycles. The van der Waals surface area contributed by atoms with Gasteiger partial charge in [0.2, 0.25) is 0 Å². The molecule has 2 amide bonds. The largest absolute Gasteiger partial charge is 0.368 e. The lowest BCUT2D eigenvalue weighted by atomic mass is 10.2. The van der Waals surface area contributed by atoms with Crippen LogP contribution < -0.4 is 10.2 Å². The lowest BCUT2D eigenvalue weighted by Gasteiger charge is -2.35. The second kappa shape index (κ2) is 7.57. The van der Waals surface area contributed by atoms with Crippen molar-refractivity contribution in [2.45, 2.75) is 6.92 Å². The van der Waals surface area contributed by atoms with Gasteiger partial charge in [-0.15, -0.1) is 0 Å². The van der Waals surface area contributed by atoms with Crippen LogP contribution in [0, 0.1) is 6.92 Å². The number of anilines is 2. The van der Waals surface area contributed by atoms with Crippen molar-refractivity contribution in [3.63, 3.8) is 0 Å². The molecule has 1 heterocycles. The smallest absolute Gasteiger partial charge is 0.313 e. The zero-order valence-corrected chi connectivity index (χ0v) is 14.8. The number of aryl methyl sites for hydroxylation is 1. The van der Waals surface area contributed by atoms with Gasteiger partial charge < -0.3 is 15.1 Å². The highest BCUT2D eigenvalue weighted by atomic mass is 35.5. The van der Waals surface area contributed by atoms with Gasteiger partial charge in [-0.2, -0.15) is 0 Å². The van der Waals surface area contributed by atoms with E-state index >= 15 is 0 Å². The van der Waals surface area contributed by atoms with E-state index in [1.54, 1.807) is 29.2 Å². The average molecular weight is 358 g/mol. The lowest BCUT2D eigenvalue weighted by molar-refractivity contribution is -0.143. The number of carbonyl (C=O) groups excluding carboxylic acids is 2. The fraction of sp³-hybridized carbons (Fsp3) is 0.263. The molecule has 0 unspecified atom stereocenters. The molecule has 0 spiro atoms. The zero-order valence-electron chi connectivity index (χ0n) is 14.0. The number of rotatable bonds is 2. The molecule has 3 rings (SSSR count). The van der Waals surface area contributed by atoms with E-state index < -0.39 is 11.8 Å². The Balaban J connectivity index is 1.57. The van der Waals surface area contributed by atoms with Gasteiger partial charge in [-0.1, -0.05) is 29.8 Å². The molecule has 1 saturated heterocycles. The predicted octanol–water partition coefficient (Wildman–Crippen LogP) is 2.94. The number of amides is 2. The first-order chi connectivity index (χ1) is 12.0. The molecule has 130 valence electrons. The number of benzene rings is 2. The van der Waals surface area contributed by atoms with Gasteiger partial charge in [-0.3, -0.25) is 9.59 Å². The third-order valence-electron chi connectivity index (χ3n) is 4.21. The molecule has 2 aromatic carbocycles. The van der Waals surface area contributed by atoms with Crippen LogP contribution in [-0.4, -0.2) is 42.9 Å². The SMILES string of the molecule is Cc1cccc(N2CCN(C(=O)C(=O)Nc3cccc(Cl)c3)CC2)c1. The first-order valence-electron chi connectivity index (χ1n) is 8.20. The first kappa shape index (κ1) is 17.3. The highest BCUT2D eigenvalue weighted by molar-refractivity contribution is 6.39. The molecule has 1 aliphatic rings. The predicted molar refractivity (Wildman–Crippen MR) is 100 cm³/mol. The van der Waals surface area contributed by atoms with Gasteiger partial charge in [0.05, 0.1) is 0 Å². The van der Waals surface area contributed by atoms with E-state index in [1.165, 1.54) is 5.56 Å². The Hall–Kier alpha value is -2.53. The molecule has 0 aliphatic carbocycles. The van der Waals surface area contributed by atoms with Crippen LogP contribution in [-0.2, 0) is 9.59 Å². The number of nitrogens with one attached hydrogen (secondary N) is 1. The molecule has 5 nitrogen and oxygen atoms in total.